The molecule has 0 aromatic rings. The Kier molecular flexibility index (Phi) is 4.42. The fraction of sp³-hybridized carbons (Fsp3) is 0.286. The van der Waals surface area contributed by atoms with Crippen molar-refractivity contribution >= 4 is 23.9 Å². The average Bonchev–Trinajstić information content (AvgIpc) is 2.48. The summed E-state index contributed by atoms with van der Waals surface area (Å²) in [4.78, 5) is 46.4. The van der Waals surface area contributed by atoms with Crippen molar-refractivity contribution < 1.29 is 48.3 Å². The first kappa shape index (κ1) is 17.2. The van der Waals surface area contributed by atoms with Gasteiger partial charge < -0.3 is 29.2 Å². The van der Waals surface area contributed by atoms with Crippen LogP contribution in [0.5, 0.6) is 0 Å². The van der Waals surface area contributed by atoms with Crippen LogP contribution in [0.15, 0.2) is 36.0 Å². The molecule has 0 bridgehead atoms. The number of carbonyl (C=O) groups is 4. The lowest BCUT2D eigenvalue weighted by Gasteiger charge is -2.30. The maximum absolute atomic E-state index is 11.8. The molecule has 128 valence electrons. The molecule has 0 aromatic carbocycles. The third-order valence-corrected chi connectivity index (χ3v) is 2.94. The zero-order chi connectivity index (χ0) is 18.1. The second-order valence-electron chi connectivity index (χ2n) is 4.89. The van der Waals surface area contributed by atoms with E-state index >= 15 is 0 Å². The van der Waals surface area contributed by atoms with Gasteiger partial charge in [0.05, 0.1) is 12.8 Å². The van der Waals surface area contributed by atoms with E-state index in [1.54, 1.807) is 0 Å². The Morgan fingerprint density at radius 2 is 1.50 bits per heavy atom. The van der Waals surface area contributed by atoms with Gasteiger partial charge in [-0.1, -0.05) is 13.2 Å². The highest BCUT2D eigenvalue weighted by Crippen LogP contribution is 2.29. The van der Waals surface area contributed by atoms with Crippen LogP contribution in [-0.2, 0) is 38.1 Å². The molecule has 10 nitrogen and oxygen atoms in total. The minimum absolute atomic E-state index is 0.313. The van der Waals surface area contributed by atoms with Crippen LogP contribution in [0.25, 0.3) is 0 Å². The molecule has 1 fully saturated rings. The maximum atomic E-state index is 11.8. The monoisotopic (exact) mass is 340 g/mol. The Morgan fingerprint density at radius 1 is 0.917 bits per heavy atom. The van der Waals surface area contributed by atoms with E-state index in [1.807, 2.05) is 0 Å². The van der Waals surface area contributed by atoms with Crippen LogP contribution in [0.4, 0.5) is 0 Å². The van der Waals surface area contributed by atoms with Crippen LogP contribution in [0, 0.1) is 0 Å². The van der Waals surface area contributed by atoms with E-state index in [-0.39, 0.29) is 11.1 Å². The van der Waals surface area contributed by atoms with E-state index < -0.39 is 60.8 Å². The molecular formula is C14H12O10. The zero-order valence-electron chi connectivity index (χ0n) is 12.2. The van der Waals surface area contributed by atoms with Gasteiger partial charge in [-0.15, -0.1) is 0 Å². The Morgan fingerprint density at radius 3 is 2.17 bits per heavy atom. The number of ether oxygens (including phenoxy) is 4. The summed E-state index contributed by atoms with van der Waals surface area (Å²) in [7, 11) is 0. The highest BCUT2D eigenvalue weighted by atomic mass is 16.7. The van der Waals surface area contributed by atoms with Gasteiger partial charge in [0.2, 0.25) is 0 Å². The summed E-state index contributed by atoms with van der Waals surface area (Å²) in [6.45, 7) is 5.52. The summed E-state index contributed by atoms with van der Waals surface area (Å²) in [5.41, 5.74) is -0.659. The van der Waals surface area contributed by atoms with Crippen LogP contribution in [0.3, 0.4) is 0 Å². The molecule has 0 aliphatic carbocycles. The Labute approximate surface area is 134 Å². The lowest BCUT2D eigenvalue weighted by atomic mass is 10.1. The number of hydrogen-bond acceptors (Lipinski definition) is 10. The predicted molar refractivity (Wildman–Crippen MR) is 71.4 cm³/mol. The van der Waals surface area contributed by atoms with Gasteiger partial charge in [0, 0.05) is 11.1 Å². The molecule has 1 atom stereocenters. The largest absolute Gasteiger partial charge is 0.478 e. The lowest BCUT2D eigenvalue weighted by Crippen LogP contribution is -2.47. The second-order valence-corrected chi connectivity index (χ2v) is 4.89. The van der Waals surface area contributed by atoms with Crippen molar-refractivity contribution in [3.8, 4) is 0 Å². The molecular weight excluding hydrogens is 328 g/mol. The van der Waals surface area contributed by atoms with Crippen LogP contribution in [0.1, 0.15) is 12.8 Å². The lowest BCUT2D eigenvalue weighted by molar-refractivity contribution is -0.229. The van der Waals surface area contributed by atoms with Crippen LogP contribution < -0.4 is 0 Å². The fourth-order valence-corrected chi connectivity index (χ4v) is 1.74. The summed E-state index contributed by atoms with van der Waals surface area (Å²) < 4.78 is 18.5. The predicted octanol–water partition coefficient (Wildman–Crippen LogP) is -0.505. The van der Waals surface area contributed by atoms with E-state index in [4.69, 9.17) is 0 Å². The first-order valence-corrected chi connectivity index (χ1v) is 6.46. The highest BCUT2D eigenvalue weighted by molar-refractivity contribution is 5.95. The van der Waals surface area contributed by atoms with Crippen LogP contribution >= 0.6 is 0 Å². The number of cyclic esters (lactones) is 4. The van der Waals surface area contributed by atoms with Crippen molar-refractivity contribution in [3.05, 3.63) is 36.0 Å². The zero-order valence-corrected chi connectivity index (χ0v) is 12.2. The Hall–Kier alpha value is -3.14. The van der Waals surface area contributed by atoms with E-state index in [1.165, 1.54) is 0 Å². The SMILES string of the molecule is C=C1CC(=O)O/C(C2(O)COC(=O)CC(=C)C(=O)O2)=C(/O)OC1=O. The minimum atomic E-state index is -2.91. The smallest absolute Gasteiger partial charge is 0.341 e. The van der Waals surface area contributed by atoms with E-state index in [9.17, 15) is 29.4 Å². The van der Waals surface area contributed by atoms with Crippen molar-refractivity contribution in [1.82, 2.24) is 0 Å². The van der Waals surface area contributed by atoms with Gasteiger partial charge in [0.1, 0.15) is 0 Å². The van der Waals surface area contributed by atoms with Crippen molar-refractivity contribution in [2.45, 2.75) is 18.6 Å². The van der Waals surface area contributed by atoms with Gasteiger partial charge in [-0.2, -0.15) is 0 Å². The van der Waals surface area contributed by atoms with Crippen molar-refractivity contribution in [1.29, 1.82) is 0 Å². The van der Waals surface area contributed by atoms with Gasteiger partial charge in [0.25, 0.3) is 5.76 Å². The van der Waals surface area contributed by atoms with Crippen LogP contribution in [0.2, 0.25) is 0 Å². The number of carbonyl (C=O) groups excluding carboxylic acids is 4. The van der Waals surface area contributed by atoms with E-state index in [0.717, 1.165) is 0 Å². The fourth-order valence-electron chi connectivity index (χ4n) is 1.74. The van der Waals surface area contributed by atoms with Gasteiger partial charge in [-0.25, -0.2) is 9.59 Å². The summed E-state index contributed by atoms with van der Waals surface area (Å²) in [6.07, 6.45) is -1.08. The first-order valence-electron chi connectivity index (χ1n) is 6.46. The van der Waals surface area contributed by atoms with Gasteiger partial charge in [0.15, 0.2) is 6.61 Å². The van der Waals surface area contributed by atoms with Crippen LogP contribution in [-0.4, -0.2) is 46.5 Å². The van der Waals surface area contributed by atoms with Crippen molar-refractivity contribution in [2.75, 3.05) is 6.61 Å². The van der Waals surface area contributed by atoms with Crippen molar-refractivity contribution in [3.63, 3.8) is 0 Å². The Balaban J connectivity index is 2.45. The average molecular weight is 340 g/mol. The standard InChI is InChI=1S/C14H12O10/c1-6-4-9(16)22-10(13(19)23-11(6)17)14(20)5-21-8(15)3-7(2)12(18)24-14/h19-20H,1-5H2/b13-10-. The summed E-state index contributed by atoms with van der Waals surface area (Å²) in [5.74, 6) is -9.77. The molecule has 10 heteroatoms. The molecule has 0 saturated carbocycles. The molecule has 1 unspecified atom stereocenters. The summed E-state index contributed by atoms with van der Waals surface area (Å²) in [5, 5.41) is 20.2. The number of aliphatic hydroxyl groups excluding tert-OH is 1. The topological polar surface area (TPSA) is 146 Å². The molecule has 2 N–H and O–H groups in total. The molecule has 0 amide bonds. The molecule has 1 saturated heterocycles. The number of esters is 4. The van der Waals surface area contributed by atoms with Gasteiger partial charge >= 0.3 is 35.6 Å². The second kappa shape index (κ2) is 6.16. The third-order valence-electron chi connectivity index (χ3n) is 2.94. The maximum Gasteiger partial charge on any atom is 0.341 e. The van der Waals surface area contributed by atoms with Crippen molar-refractivity contribution in [2.24, 2.45) is 0 Å². The highest BCUT2D eigenvalue weighted by Gasteiger charge is 2.47. The van der Waals surface area contributed by atoms with Gasteiger partial charge in [-0.3, -0.25) is 9.59 Å². The first-order chi connectivity index (χ1) is 11.1. The molecule has 2 rings (SSSR count). The summed E-state index contributed by atoms with van der Waals surface area (Å²) >= 11 is 0. The molecule has 2 aliphatic heterocycles. The molecule has 2 heterocycles. The minimum Gasteiger partial charge on any atom is -0.478 e. The van der Waals surface area contributed by atoms with E-state index in [2.05, 4.69) is 32.1 Å². The number of rotatable bonds is 1. The normalized spacial score (nSPS) is 29.4. The van der Waals surface area contributed by atoms with Gasteiger partial charge in [-0.05, 0) is 0 Å². The quantitative estimate of drug-likeness (QED) is 0.363. The molecule has 0 spiro atoms. The van der Waals surface area contributed by atoms with E-state index in [0.29, 0.717) is 0 Å². The number of aliphatic hydroxyl groups is 2. The molecule has 0 aromatic heterocycles. The number of hydrogen-bond donors (Lipinski definition) is 2. The Bertz CT molecular complexity index is 700. The molecule has 2 aliphatic rings. The summed E-state index contributed by atoms with van der Waals surface area (Å²) in [6, 6.07) is 0. The molecule has 24 heavy (non-hydrogen) atoms. The molecule has 0 radical (unpaired) electrons. The third kappa shape index (κ3) is 3.43.